The van der Waals surface area contributed by atoms with Crippen LogP contribution in [0.25, 0.3) is 0 Å². The predicted octanol–water partition coefficient (Wildman–Crippen LogP) is 1.21. The van der Waals surface area contributed by atoms with Crippen LogP contribution in [0, 0.1) is 5.92 Å². The van der Waals surface area contributed by atoms with Gasteiger partial charge in [0.25, 0.3) is 0 Å². The Morgan fingerprint density at radius 2 is 2.43 bits per heavy atom. The van der Waals surface area contributed by atoms with E-state index in [1.54, 1.807) is 7.11 Å². The average molecular weight is 199 g/mol. The van der Waals surface area contributed by atoms with Crippen LogP contribution in [0.1, 0.15) is 12.8 Å². The summed E-state index contributed by atoms with van der Waals surface area (Å²) in [6.45, 7) is 4.61. The molecule has 3 heteroatoms. The van der Waals surface area contributed by atoms with Gasteiger partial charge in [-0.25, -0.2) is 0 Å². The van der Waals surface area contributed by atoms with Gasteiger partial charge in [0.05, 0.1) is 13.2 Å². The smallest absolute Gasteiger partial charge is 0.0587 e. The minimum Gasteiger partial charge on any atom is -0.383 e. The largest absolute Gasteiger partial charge is 0.383 e. The highest BCUT2D eigenvalue weighted by atomic mass is 16.5. The second-order valence-electron chi connectivity index (χ2n) is 3.58. The van der Waals surface area contributed by atoms with Gasteiger partial charge in [0.2, 0.25) is 0 Å². The summed E-state index contributed by atoms with van der Waals surface area (Å²) >= 11 is 0. The number of hydrogen-bond acceptors (Lipinski definition) is 3. The second kappa shape index (κ2) is 7.97. The van der Waals surface area contributed by atoms with E-state index in [4.69, 9.17) is 9.47 Å². The molecule has 1 saturated heterocycles. The third kappa shape index (κ3) is 5.37. The van der Waals surface area contributed by atoms with Crippen molar-refractivity contribution in [2.45, 2.75) is 12.8 Å². The molecule has 1 rings (SSSR count). The maximum absolute atomic E-state index is 5.28. The normalized spacial score (nSPS) is 22.2. The van der Waals surface area contributed by atoms with Crippen LogP contribution in [0.5, 0.6) is 0 Å². The maximum atomic E-state index is 5.28. The zero-order valence-corrected chi connectivity index (χ0v) is 9.00. The van der Waals surface area contributed by atoms with Crippen molar-refractivity contribution in [2.75, 3.05) is 40.0 Å². The number of ether oxygens (including phenoxy) is 2. The summed E-state index contributed by atoms with van der Waals surface area (Å²) in [4.78, 5) is 0. The first-order valence-electron chi connectivity index (χ1n) is 5.37. The molecule has 1 aliphatic heterocycles. The standard InChI is InChI=1S/C11H21NO2/c1-13-9-7-12-6-3-2-4-11-5-8-14-10-11/h2,4,11-12H,3,5-10H2,1H3. The van der Waals surface area contributed by atoms with Gasteiger partial charge in [0, 0.05) is 26.2 Å². The number of hydrogen-bond donors (Lipinski definition) is 1. The Labute approximate surface area is 86.5 Å². The lowest BCUT2D eigenvalue weighted by molar-refractivity contribution is 0.191. The van der Waals surface area contributed by atoms with E-state index in [1.807, 2.05) is 0 Å². The first-order chi connectivity index (χ1) is 6.93. The zero-order valence-electron chi connectivity index (χ0n) is 9.00. The van der Waals surface area contributed by atoms with Crippen molar-refractivity contribution in [2.24, 2.45) is 5.92 Å². The monoisotopic (exact) mass is 199 g/mol. The van der Waals surface area contributed by atoms with Crippen LogP contribution in [0.4, 0.5) is 0 Å². The Kier molecular flexibility index (Phi) is 6.66. The van der Waals surface area contributed by atoms with Crippen molar-refractivity contribution in [1.29, 1.82) is 0 Å². The van der Waals surface area contributed by atoms with Crippen LogP contribution < -0.4 is 5.32 Å². The highest BCUT2D eigenvalue weighted by Gasteiger charge is 2.10. The van der Waals surface area contributed by atoms with Crippen LogP contribution >= 0.6 is 0 Å². The van der Waals surface area contributed by atoms with E-state index < -0.39 is 0 Å². The van der Waals surface area contributed by atoms with Crippen molar-refractivity contribution in [3.63, 3.8) is 0 Å². The molecule has 3 nitrogen and oxygen atoms in total. The van der Waals surface area contributed by atoms with E-state index in [0.717, 1.165) is 39.3 Å². The van der Waals surface area contributed by atoms with E-state index in [9.17, 15) is 0 Å². The molecule has 0 radical (unpaired) electrons. The van der Waals surface area contributed by atoms with Gasteiger partial charge in [-0.05, 0) is 19.4 Å². The van der Waals surface area contributed by atoms with E-state index in [1.165, 1.54) is 6.42 Å². The lowest BCUT2D eigenvalue weighted by Crippen LogP contribution is -2.19. The molecule has 1 heterocycles. The molecule has 1 atom stereocenters. The molecule has 0 amide bonds. The first-order valence-corrected chi connectivity index (χ1v) is 5.37. The minimum atomic E-state index is 0.661. The lowest BCUT2D eigenvalue weighted by Gasteiger charge is -2.01. The number of methoxy groups -OCH3 is 1. The van der Waals surface area contributed by atoms with Gasteiger partial charge >= 0.3 is 0 Å². The second-order valence-corrected chi connectivity index (χ2v) is 3.58. The molecule has 1 N–H and O–H groups in total. The molecule has 14 heavy (non-hydrogen) atoms. The van der Waals surface area contributed by atoms with E-state index in [2.05, 4.69) is 17.5 Å². The van der Waals surface area contributed by atoms with Gasteiger partial charge in [-0.2, -0.15) is 0 Å². The summed E-state index contributed by atoms with van der Waals surface area (Å²) < 4.78 is 10.2. The average Bonchev–Trinajstić information content (AvgIpc) is 2.69. The number of nitrogens with one attached hydrogen (secondary N) is 1. The van der Waals surface area contributed by atoms with Crippen LogP contribution in [-0.4, -0.2) is 40.0 Å². The summed E-state index contributed by atoms with van der Waals surface area (Å²) in [6, 6.07) is 0. The Morgan fingerprint density at radius 1 is 1.50 bits per heavy atom. The van der Waals surface area contributed by atoms with E-state index >= 15 is 0 Å². The van der Waals surface area contributed by atoms with Gasteiger partial charge in [0.1, 0.15) is 0 Å². The Morgan fingerprint density at radius 3 is 3.14 bits per heavy atom. The summed E-state index contributed by atoms with van der Waals surface area (Å²) in [7, 11) is 1.72. The summed E-state index contributed by atoms with van der Waals surface area (Å²) in [5, 5.41) is 3.30. The van der Waals surface area contributed by atoms with E-state index in [0.29, 0.717) is 5.92 Å². The molecule has 0 saturated carbocycles. The molecule has 1 unspecified atom stereocenters. The highest BCUT2D eigenvalue weighted by Crippen LogP contribution is 2.13. The fourth-order valence-electron chi connectivity index (χ4n) is 1.48. The molecular formula is C11H21NO2. The van der Waals surface area contributed by atoms with Crippen molar-refractivity contribution in [1.82, 2.24) is 5.32 Å². The quantitative estimate of drug-likeness (QED) is 0.494. The van der Waals surface area contributed by atoms with Crippen molar-refractivity contribution >= 4 is 0 Å². The summed E-state index contributed by atoms with van der Waals surface area (Å²) in [6.07, 6.45) is 6.82. The van der Waals surface area contributed by atoms with Crippen LogP contribution in [0.15, 0.2) is 12.2 Å². The topological polar surface area (TPSA) is 30.5 Å². The van der Waals surface area contributed by atoms with E-state index in [-0.39, 0.29) is 0 Å². The molecule has 82 valence electrons. The van der Waals surface area contributed by atoms with Crippen LogP contribution in [0.2, 0.25) is 0 Å². The van der Waals surface area contributed by atoms with Crippen LogP contribution in [0.3, 0.4) is 0 Å². The third-order valence-corrected chi connectivity index (χ3v) is 2.34. The fourth-order valence-corrected chi connectivity index (χ4v) is 1.48. The first kappa shape index (κ1) is 11.7. The Balaban J connectivity index is 1.87. The van der Waals surface area contributed by atoms with Gasteiger partial charge in [-0.15, -0.1) is 0 Å². The molecule has 1 aliphatic rings. The van der Waals surface area contributed by atoms with Gasteiger partial charge in [0.15, 0.2) is 0 Å². The molecule has 0 aromatic rings. The Hall–Kier alpha value is -0.380. The fraction of sp³-hybridized carbons (Fsp3) is 0.818. The van der Waals surface area contributed by atoms with Crippen molar-refractivity contribution < 1.29 is 9.47 Å². The molecule has 0 bridgehead atoms. The highest BCUT2D eigenvalue weighted by molar-refractivity contribution is 4.90. The van der Waals surface area contributed by atoms with Gasteiger partial charge in [-0.1, -0.05) is 12.2 Å². The number of rotatable bonds is 7. The van der Waals surface area contributed by atoms with Gasteiger partial charge < -0.3 is 14.8 Å². The molecule has 0 aromatic carbocycles. The van der Waals surface area contributed by atoms with Crippen molar-refractivity contribution in [3.05, 3.63) is 12.2 Å². The lowest BCUT2D eigenvalue weighted by atomic mass is 10.1. The SMILES string of the molecule is COCCNCCC=CC1CCOC1. The van der Waals surface area contributed by atoms with Crippen molar-refractivity contribution in [3.8, 4) is 0 Å². The van der Waals surface area contributed by atoms with Crippen LogP contribution in [-0.2, 0) is 9.47 Å². The Bertz CT molecular complexity index is 153. The molecule has 0 aliphatic carbocycles. The summed E-state index contributed by atoms with van der Waals surface area (Å²) in [5.41, 5.74) is 0. The minimum absolute atomic E-state index is 0.661. The molecular weight excluding hydrogens is 178 g/mol. The zero-order chi connectivity index (χ0) is 10.1. The van der Waals surface area contributed by atoms with Gasteiger partial charge in [-0.3, -0.25) is 0 Å². The molecule has 1 fully saturated rings. The predicted molar refractivity (Wildman–Crippen MR) is 57.4 cm³/mol. The summed E-state index contributed by atoms with van der Waals surface area (Å²) in [5.74, 6) is 0.661. The molecule has 0 spiro atoms. The third-order valence-electron chi connectivity index (χ3n) is 2.34. The maximum Gasteiger partial charge on any atom is 0.0587 e. The molecule has 0 aromatic heterocycles.